The van der Waals surface area contributed by atoms with E-state index in [1.807, 2.05) is 0 Å². The summed E-state index contributed by atoms with van der Waals surface area (Å²) in [5.41, 5.74) is 0.861. The molecule has 0 aromatic heterocycles. The first-order valence-electron chi connectivity index (χ1n) is 17.1. The van der Waals surface area contributed by atoms with Gasteiger partial charge in [0.2, 0.25) is 0 Å². The highest BCUT2D eigenvalue weighted by atomic mass is 16.6. The second-order valence-electron chi connectivity index (χ2n) is 17.8. The van der Waals surface area contributed by atoms with E-state index in [1.54, 1.807) is 0 Å². The molecular formula is C36H58O7. The Morgan fingerprint density at radius 2 is 1.56 bits per heavy atom. The van der Waals surface area contributed by atoms with Crippen LogP contribution in [0, 0.1) is 50.2 Å². The fraction of sp³-hybridized carbons (Fsp3) is 0.917. The first kappa shape index (κ1) is 32.1. The number of ketones is 1. The first-order valence-corrected chi connectivity index (χ1v) is 17.1. The summed E-state index contributed by atoms with van der Waals surface area (Å²) in [7, 11) is 0. The SMILES string of the molecule is CC1(C)CC[C@]2([C@H](O)[C@@H]3OC(CO)[C@@H](O)[C@H](O)C3O)CC[C@]3(C)C(=CCC4[C@@]5(C)CCC(=O)C(C)(C)C5CC[C@]43C)C2C1. The smallest absolute Gasteiger partial charge is 0.138 e. The van der Waals surface area contributed by atoms with E-state index in [-0.39, 0.29) is 33.0 Å². The van der Waals surface area contributed by atoms with Crippen molar-refractivity contribution in [1.29, 1.82) is 0 Å². The lowest BCUT2D eigenvalue weighted by molar-refractivity contribution is -0.272. The molecule has 0 radical (unpaired) electrons. The Morgan fingerprint density at radius 3 is 2.23 bits per heavy atom. The van der Waals surface area contributed by atoms with Gasteiger partial charge in [0, 0.05) is 17.3 Å². The zero-order valence-corrected chi connectivity index (χ0v) is 27.6. The Kier molecular flexibility index (Phi) is 7.53. The normalized spacial score (nSPS) is 53.0. The minimum Gasteiger partial charge on any atom is -0.394 e. The summed E-state index contributed by atoms with van der Waals surface area (Å²) in [6, 6.07) is 0. The molecule has 0 aromatic rings. The van der Waals surface area contributed by atoms with Crippen LogP contribution in [-0.2, 0) is 9.53 Å². The second-order valence-corrected chi connectivity index (χ2v) is 17.8. The Morgan fingerprint density at radius 1 is 0.884 bits per heavy atom. The van der Waals surface area contributed by atoms with E-state index < -0.39 is 48.6 Å². The summed E-state index contributed by atoms with van der Waals surface area (Å²) in [6.45, 7) is 16.0. The Bertz CT molecular complexity index is 1160. The van der Waals surface area contributed by atoms with Crippen molar-refractivity contribution < 1.29 is 35.1 Å². The molecule has 13 atom stereocenters. The van der Waals surface area contributed by atoms with Gasteiger partial charge in [0.1, 0.15) is 36.3 Å². The third-order valence-corrected chi connectivity index (χ3v) is 15.3. The zero-order valence-electron chi connectivity index (χ0n) is 27.6. The van der Waals surface area contributed by atoms with Gasteiger partial charge in [-0.05, 0) is 97.2 Å². The Balaban J connectivity index is 1.40. The average Bonchev–Trinajstić information content (AvgIpc) is 2.94. The van der Waals surface area contributed by atoms with Crippen molar-refractivity contribution in [2.45, 2.75) is 149 Å². The molecule has 4 saturated carbocycles. The molecule has 0 aromatic carbocycles. The van der Waals surface area contributed by atoms with Gasteiger partial charge in [0.15, 0.2) is 0 Å². The van der Waals surface area contributed by atoms with Crippen LogP contribution < -0.4 is 0 Å². The van der Waals surface area contributed by atoms with E-state index in [2.05, 4.69) is 54.5 Å². The quantitative estimate of drug-likeness (QED) is 0.300. The summed E-state index contributed by atoms with van der Waals surface area (Å²) in [5, 5.41) is 54.3. The third kappa shape index (κ3) is 4.23. The van der Waals surface area contributed by atoms with Crippen molar-refractivity contribution in [2.75, 3.05) is 6.61 Å². The Labute approximate surface area is 258 Å². The van der Waals surface area contributed by atoms with Gasteiger partial charge in [-0.2, -0.15) is 0 Å². The van der Waals surface area contributed by atoms with Crippen molar-refractivity contribution in [1.82, 2.24) is 0 Å². The van der Waals surface area contributed by atoms with Crippen LogP contribution in [0.15, 0.2) is 11.6 Å². The minimum absolute atomic E-state index is 0.0494. The highest BCUT2D eigenvalue weighted by Crippen LogP contribution is 2.76. The van der Waals surface area contributed by atoms with Crippen molar-refractivity contribution in [3.05, 3.63) is 11.6 Å². The maximum absolute atomic E-state index is 13.1. The number of allylic oxidation sites excluding steroid dienone is 2. The summed E-state index contributed by atoms with van der Waals surface area (Å²) >= 11 is 0. The van der Waals surface area contributed by atoms with Gasteiger partial charge in [0.25, 0.3) is 0 Å². The molecule has 6 aliphatic rings. The predicted octanol–water partition coefficient (Wildman–Crippen LogP) is 4.56. The molecule has 5 N–H and O–H groups in total. The average molecular weight is 603 g/mol. The van der Waals surface area contributed by atoms with Gasteiger partial charge < -0.3 is 30.3 Å². The number of rotatable bonds is 3. The molecule has 0 spiro atoms. The molecule has 5 fully saturated rings. The number of hydrogen-bond acceptors (Lipinski definition) is 7. The number of aliphatic hydroxyl groups excluding tert-OH is 5. The van der Waals surface area contributed by atoms with Crippen LogP contribution in [0.4, 0.5) is 0 Å². The van der Waals surface area contributed by atoms with E-state index in [1.165, 1.54) is 5.57 Å². The lowest BCUT2D eigenvalue weighted by Crippen LogP contribution is -2.68. The summed E-state index contributed by atoms with van der Waals surface area (Å²) in [5.74, 6) is 1.40. The van der Waals surface area contributed by atoms with Crippen LogP contribution in [0.5, 0.6) is 0 Å². The number of carbonyl (C=O) groups excluding carboxylic acids is 1. The first-order chi connectivity index (χ1) is 19.9. The topological polar surface area (TPSA) is 127 Å². The number of aliphatic hydroxyl groups is 5. The van der Waals surface area contributed by atoms with Gasteiger partial charge in [0.05, 0.1) is 12.7 Å². The monoisotopic (exact) mass is 602 g/mol. The molecule has 0 bridgehead atoms. The van der Waals surface area contributed by atoms with E-state index in [0.29, 0.717) is 24.0 Å². The molecule has 5 aliphatic carbocycles. The molecule has 5 unspecified atom stereocenters. The molecule has 1 saturated heterocycles. The highest BCUT2D eigenvalue weighted by Gasteiger charge is 2.69. The van der Waals surface area contributed by atoms with Crippen LogP contribution in [0.25, 0.3) is 0 Å². The number of fused-ring (bicyclic) bond motifs is 7. The van der Waals surface area contributed by atoms with Gasteiger partial charge in [-0.3, -0.25) is 4.79 Å². The fourth-order valence-corrected chi connectivity index (χ4v) is 12.3. The fourth-order valence-electron chi connectivity index (χ4n) is 12.3. The molecule has 1 heterocycles. The van der Waals surface area contributed by atoms with Gasteiger partial charge >= 0.3 is 0 Å². The maximum Gasteiger partial charge on any atom is 0.138 e. The van der Waals surface area contributed by atoms with E-state index in [4.69, 9.17) is 4.74 Å². The summed E-state index contributed by atoms with van der Waals surface area (Å²) < 4.78 is 6.00. The second kappa shape index (κ2) is 10.1. The van der Waals surface area contributed by atoms with Crippen molar-refractivity contribution >= 4 is 5.78 Å². The maximum atomic E-state index is 13.1. The van der Waals surface area contributed by atoms with Crippen LogP contribution in [0.2, 0.25) is 0 Å². The van der Waals surface area contributed by atoms with Crippen LogP contribution in [0.1, 0.15) is 113 Å². The van der Waals surface area contributed by atoms with Crippen molar-refractivity contribution in [3.8, 4) is 0 Å². The zero-order chi connectivity index (χ0) is 31.5. The molecule has 6 rings (SSSR count). The lowest BCUT2D eigenvalue weighted by atomic mass is 9.33. The number of carbonyl (C=O) groups is 1. The number of ether oxygens (including phenoxy) is 1. The molecule has 43 heavy (non-hydrogen) atoms. The summed E-state index contributed by atoms with van der Waals surface area (Å²) in [4.78, 5) is 13.1. The molecular weight excluding hydrogens is 544 g/mol. The van der Waals surface area contributed by atoms with Crippen LogP contribution >= 0.6 is 0 Å². The molecule has 1 aliphatic heterocycles. The molecule has 244 valence electrons. The highest BCUT2D eigenvalue weighted by molar-refractivity contribution is 5.85. The largest absolute Gasteiger partial charge is 0.394 e. The number of Topliss-reactive ketones (excluding diaryl/α,β-unsaturated/α-hetero) is 1. The van der Waals surface area contributed by atoms with E-state index >= 15 is 0 Å². The predicted molar refractivity (Wildman–Crippen MR) is 164 cm³/mol. The standard InChI is InChI=1S/C36H58O7/c1-31(2)14-16-36(30(42)29-28(41)27(40)26(39)22(19-37)43-29)17-15-34(6)20(21(36)18-31)8-9-24-33(5)12-11-25(38)32(3,4)23(33)10-13-35(24,34)7/h8,21-24,26-30,37,39-42H,9-19H2,1-7H3/t21?,22?,23?,24?,26-,27+,28?,29-,30-,33+,34-,35-,36+/m1/s1. The van der Waals surface area contributed by atoms with Crippen LogP contribution in [-0.4, -0.2) is 74.5 Å². The minimum atomic E-state index is -1.49. The van der Waals surface area contributed by atoms with Crippen molar-refractivity contribution in [3.63, 3.8) is 0 Å². The number of hydrogen-bond donors (Lipinski definition) is 5. The van der Waals surface area contributed by atoms with Gasteiger partial charge in [-0.1, -0.05) is 60.1 Å². The van der Waals surface area contributed by atoms with E-state index in [0.717, 1.165) is 57.8 Å². The summed E-state index contributed by atoms with van der Waals surface area (Å²) in [6.07, 6.45) is 4.19. The molecule has 7 nitrogen and oxygen atoms in total. The molecule has 7 heteroatoms. The Hall–Kier alpha value is -0.830. The van der Waals surface area contributed by atoms with Crippen molar-refractivity contribution in [2.24, 2.45) is 50.2 Å². The van der Waals surface area contributed by atoms with E-state index in [9.17, 15) is 30.3 Å². The third-order valence-electron chi connectivity index (χ3n) is 15.3. The lowest BCUT2D eigenvalue weighted by Gasteiger charge is -2.71. The van der Waals surface area contributed by atoms with Gasteiger partial charge in [-0.15, -0.1) is 0 Å². The molecule has 0 amide bonds. The van der Waals surface area contributed by atoms with Gasteiger partial charge in [-0.25, -0.2) is 0 Å². The van der Waals surface area contributed by atoms with Crippen LogP contribution in [0.3, 0.4) is 0 Å².